The van der Waals surface area contributed by atoms with Gasteiger partial charge in [-0.2, -0.15) is 0 Å². The van der Waals surface area contributed by atoms with E-state index in [1.807, 2.05) is 6.92 Å². The predicted molar refractivity (Wildman–Crippen MR) is 50.3 cm³/mol. The lowest BCUT2D eigenvalue weighted by molar-refractivity contribution is 0.211. The Labute approximate surface area is 85.2 Å². The first-order chi connectivity index (χ1) is 6.63. The molecule has 72 valence electrons. The molecular weight excluding hydrogens is 206 g/mol. The monoisotopic (exact) mass is 211 g/mol. The summed E-state index contributed by atoms with van der Waals surface area (Å²) >= 11 is 5.76. The van der Waals surface area contributed by atoms with Gasteiger partial charge in [0.1, 0.15) is 0 Å². The number of benzene rings is 1. The minimum absolute atomic E-state index is 0.168. The second-order valence-electron chi connectivity index (χ2n) is 2.50. The van der Waals surface area contributed by atoms with Gasteiger partial charge in [-0.05, 0) is 24.6 Å². The maximum absolute atomic E-state index is 10.7. The van der Waals surface area contributed by atoms with Crippen molar-refractivity contribution in [1.29, 1.82) is 0 Å². The molecule has 14 heavy (non-hydrogen) atoms. The van der Waals surface area contributed by atoms with E-state index < -0.39 is 6.09 Å². The number of amides is 1. The molecule has 0 aliphatic rings. The first-order valence-electron chi connectivity index (χ1n) is 3.69. The van der Waals surface area contributed by atoms with Gasteiger partial charge in [-0.25, -0.2) is 9.59 Å². The Balaban J connectivity index is 2.87. The summed E-state index contributed by atoms with van der Waals surface area (Å²) in [6, 6.07) is 4.88. The second kappa shape index (κ2) is 4.56. The van der Waals surface area contributed by atoms with Crippen molar-refractivity contribution in [2.45, 2.75) is 6.92 Å². The zero-order chi connectivity index (χ0) is 10.6. The predicted octanol–water partition coefficient (Wildman–Crippen LogP) is 2.48. The fourth-order valence-electron chi connectivity index (χ4n) is 0.843. The van der Waals surface area contributed by atoms with Crippen LogP contribution in [0.1, 0.15) is 5.56 Å². The average molecular weight is 212 g/mol. The highest BCUT2D eigenvalue weighted by Crippen LogP contribution is 2.25. The molecule has 5 heteroatoms. The minimum Gasteiger partial charge on any atom is -0.407 e. The van der Waals surface area contributed by atoms with Crippen LogP contribution in [0.15, 0.2) is 23.2 Å². The SMILES string of the molecule is Cc1ccc(OC(=O)N=C=O)c(Cl)c1. The lowest BCUT2D eigenvalue weighted by Gasteiger charge is -2.02. The lowest BCUT2D eigenvalue weighted by atomic mass is 10.2. The van der Waals surface area contributed by atoms with Crippen LogP contribution < -0.4 is 4.74 Å². The molecule has 1 aromatic rings. The topological polar surface area (TPSA) is 55.7 Å². The quantitative estimate of drug-likeness (QED) is 0.530. The van der Waals surface area contributed by atoms with E-state index >= 15 is 0 Å². The Kier molecular flexibility index (Phi) is 3.40. The molecule has 0 heterocycles. The number of aliphatic imine (C=N–C) groups is 1. The Morgan fingerprint density at radius 3 is 2.86 bits per heavy atom. The molecule has 0 bridgehead atoms. The number of isocyanates is 1. The Hall–Kier alpha value is -1.64. The Morgan fingerprint density at radius 1 is 1.57 bits per heavy atom. The largest absolute Gasteiger partial charge is 0.450 e. The first kappa shape index (κ1) is 10.4. The molecule has 0 saturated heterocycles. The number of rotatable bonds is 1. The van der Waals surface area contributed by atoms with Gasteiger partial charge < -0.3 is 4.74 Å². The first-order valence-corrected chi connectivity index (χ1v) is 4.07. The van der Waals surface area contributed by atoms with Gasteiger partial charge in [-0.1, -0.05) is 22.7 Å². The zero-order valence-electron chi connectivity index (χ0n) is 7.28. The molecule has 1 aromatic carbocycles. The van der Waals surface area contributed by atoms with E-state index in [1.165, 1.54) is 6.07 Å². The van der Waals surface area contributed by atoms with Crippen LogP contribution in [0.2, 0.25) is 5.02 Å². The Morgan fingerprint density at radius 2 is 2.29 bits per heavy atom. The third-order valence-corrected chi connectivity index (χ3v) is 1.72. The van der Waals surface area contributed by atoms with Crippen LogP contribution in [0.4, 0.5) is 4.79 Å². The van der Waals surface area contributed by atoms with E-state index in [2.05, 4.69) is 9.73 Å². The van der Waals surface area contributed by atoms with Gasteiger partial charge >= 0.3 is 6.09 Å². The van der Waals surface area contributed by atoms with Crippen LogP contribution in [0.5, 0.6) is 5.75 Å². The van der Waals surface area contributed by atoms with E-state index in [9.17, 15) is 9.59 Å². The summed E-state index contributed by atoms with van der Waals surface area (Å²) < 4.78 is 4.64. The molecule has 0 aromatic heterocycles. The second-order valence-corrected chi connectivity index (χ2v) is 2.91. The number of carbonyl (C=O) groups excluding carboxylic acids is 2. The number of halogens is 1. The summed E-state index contributed by atoms with van der Waals surface area (Å²) in [4.78, 5) is 23.2. The average Bonchev–Trinajstić information content (AvgIpc) is 2.10. The van der Waals surface area contributed by atoms with Gasteiger partial charge in [0.25, 0.3) is 0 Å². The summed E-state index contributed by atoms with van der Waals surface area (Å²) in [7, 11) is 0. The fraction of sp³-hybridized carbons (Fsp3) is 0.111. The minimum atomic E-state index is -1.04. The van der Waals surface area contributed by atoms with E-state index in [1.54, 1.807) is 12.1 Å². The molecule has 0 radical (unpaired) electrons. The van der Waals surface area contributed by atoms with Crippen LogP contribution in [-0.4, -0.2) is 12.2 Å². The van der Waals surface area contributed by atoms with Gasteiger partial charge in [-0.3, -0.25) is 0 Å². The van der Waals surface area contributed by atoms with Crippen molar-refractivity contribution in [2.24, 2.45) is 4.99 Å². The summed E-state index contributed by atoms with van der Waals surface area (Å²) in [5, 5.41) is 0.291. The molecule has 0 N–H and O–H groups in total. The molecule has 0 unspecified atom stereocenters. The highest BCUT2D eigenvalue weighted by molar-refractivity contribution is 6.32. The molecular formula is C9H6ClNO3. The van der Waals surface area contributed by atoms with Crippen LogP contribution in [0.25, 0.3) is 0 Å². The van der Waals surface area contributed by atoms with Gasteiger partial charge in [0.15, 0.2) is 5.75 Å². The zero-order valence-corrected chi connectivity index (χ0v) is 8.04. The van der Waals surface area contributed by atoms with Gasteiger partial charge in [0, 0.05) is 0 Å². The van der Waals surface area contributed by atoms with Crippen molar-refractivity contribution in [3.05, 3.63) is 28.8 Å². The standard InChI is InChI=1S/C9H6ClNO3/c1-6-2-3-8(7(10)4-6)14-9(13)11-5-12/h2-4H,1H3. The molecule has 0 saturated carbocycles. The van der Waals surface area contributed by atoms with E-state index in [0.717, 1.165) is 11.6 Å². The van der Waals surface area contributed by atoms with Crippen molar-refractivity contribution in [3.8, 4) is 5.75 Å². The summed E-state index contributed by atoms with van der Waals surface area (Å²) in [6.45, 7) is 1.85. The third kappa shape index (κ3) is 2.69. The molecule has 0 aliphatic carbocycles. The number of nitrogens with zero attached hydrogens (tertiary/aromatic N) is 1. The molecule has 0 aliphatic heterocycles. The molecule has 1 rings (SSSR count). The van der Waals surface area contributed by atoms with Gasteiger partial charge in [0.05, 0.1) is 5.02 Å². The maximum Gasteiger partial charge on any atom is 0.450 e. The van der Waals surface area contributed by atoms with Crippen molar-refractivity contribution < 1.29 is 14.3 Å². The highest BCUT2D eigenvalue weighted by Gasteiger charge is 2.06. The van der Waals surface area contributed by atoms with Crippen molar-refractivity contribution >= 4 is 23.8 Å². The van der Waals surface area contributed by atoms with E-state index in [0.29, 0.717) is 5.02 Å². The number of hydrogen-bond acceptors (Lipinski definition) is 3. The van der Waals surface area contributed by atoms with Crippen LogP contribution in [0.3, 0.4) is 0 Å². The smallest absolute Gasteiger partial charge is 0.407 e. The number of hydrogen-bond donors (Lipinski definition) is 0. The number of ether oxygens (including phenoxy) is 1. The van der Waals surface area contributed by atoms with Crippen molar-refractivity contribution in [1.82, 2.24) is 0 Å². The molecule has 0 fully saturated rings. The van der Waals surface area contributed by atoms with Crippen LogP contribution in [-0.2, 0) is 4.79 Å². The molecule has 4 nitrogen and oxygen atoms in total. The van der Waals surface area contributed by atoms with Crippen LogP contribution in [0, 0.1) is 6.92 Å². The molecule has 0 atom stereocenters. The molecule has 1 amide bonds. The molecule has 0 spiro atoms. The summed E-state index contributed by atoms with van der Waals surface area (Å²) in [6.07, 6.45) is 0.0396. The summed E-state index contributed by atoms with van der Waals surface area (Å²) in [5.41, 5.74) is 0.939. The van der Waals surface area contributed by atoms with Crippen molar-refractivity contribution in [2.75, 3.05) is 0 Å². The van der Waals surface area contributed by atoms with Crippen molar-refractivity contribution in [3.63, 3.8) is 0 Å². The maximum atomic E-state index is 10.7. The highest BCUT2D eigenvalue weighted by atomic mass is 35.5. The lowest BCUT2D eigenvalue weighted by Crippen LogP contribution is -2.01. The Bertz CT molecular complexity index is 411. The van der Waals surface area contributed by atoms with E-state index in [4.69, 9.17) is 11.6 Å². The summed E-state index contributed by atoms with van der Waals surface area (Å²) in [5.74, 6) is 0.168. The third-order valence-electron chi connectivity index (χ3n) is 1.42. The van der Waals surface area contributed by atoms with E-state index in [-0.39, 0.29) is 5.75 Å². The number of carbonyl (C=O) groups is 1. The normalized spacial score (nSPS) is 9.00. The van der Waals surface area contributed by atoms with Crippen LogP contribution >= 0.6 is 11.6 Å². The number of aryl methyl sites for hydroxylation is 1. The fourth-order valence-corrected chi connectivity index (χ4v) is 1.12. The van der Waals surface area contributed by atoms with Gasteiger partial charge in [-0.15, -0.1) is 0 Å². The van der Waals surface area contributed by atoms with Gasteiger partial charge in [0.2, 0.25) is 6.08 Å².